The summed E-state index contributed by atoms with van der Waals surface area (Å²) < 4.78 is 13.7. The molecule has 0 aliphatic rings. The minimum atomic E-state index is -0.371. The maximum Gasteiger partial charge on any atom is 0.146 e. The monoisotopic (exact) mass is 266 g/mol. The Kier molecular flexibility index (Phi) is 3.44. The molecule has 0 saturated carbocycles. The van der Waals surface area contributed by atoms with Crippen LogP contribution in [0.4, 0.5) is 4.39 Å². The molecule has 3 rings (SSSR count). The van der Waals surface area contributed by atoms with E-state index in [2.05, 4.69) is 23.2 Å². The van der Waals surface area contributed by atoms with E-state index in [1.165, 1.54) is 17.0 Å². The average Bonchev–Trinajstić information content (AvgIpc) is 2.48. The van der Waals surface area contributed by atoms with E-state index in [9.17, 15) is 4.39 Å². The molecule has 3 aromatic rings. The third-order valence-electron chi connectivity index (χ3n) is 3.52. The summed E-state index contributed by atoms with van der Waals surface area (Å²) in [6, 6.07) is 15.5. The van der Waals surface area contributed by atoms with Gasteiger partial charge in [-0.15, -0.1) is 0 Å². The highest BCUT2D eigenvalue weighted by molar-refractivity contribution is 5.85. The van der Waals surface area contributed by atoms with Crippen LogP contribution in [0.25, 0.3) is 10.8 Å². The summed E-state index contributed by atoms with van der Waals surface area (Å²) in [4.78, 5) is 3.75. The maximum absolute atomic E-state index is 13.7. The fraction of sp³-hybridized carbons (Fsp3) is 0.118. The molecule has 0 spiro atoms. The number of fused-ring (bicyclic) bond motifs is 1. The fourth-order valence-electron chi connectivity index (χ4n) is 2.50. The van der Waals surface area contributed by atoms with E-state index >= 15 is 0 Å². The second-order valence-corrected chi connectivity index (χ2v) is 4.85. The zero-order valence-electron chi connectivity index (χ0n) is 11.0. The topological polar surface area (TPSA) is 38.9 Å². The minimum absolute atomic E-state index is 0.347. The summed E-state index contributed by atoms with van der Waals surface area (Å²) in [6.07, 6.45) is 3.38. The fourth-order valence-corrected chi connectivity index (χ4v) is 2.50. The lowest BCUT2D eigenvalue weighted by Gasteiger charge is -2.14. The molecule has 0 saturated heterocycles. The van der Waals surface area contributed by atoms with Crippen molar-refractivity contribution >= 4 is 10.8 Å². The molecule has 0 amide bonds. The third kappa shape index (κ3) is 2.40. The van der Waals surface area contributed by atoms with Crippen LogP contribution < -0.4 is 5.73 Å². The van der Waals surface area contributed by atoms with Crippen LogP contribution in [-0.2, 0) is 6.42 Å². The van der Waals surface area contributed by atoms with E-state index in [0.29, 0.717) is 12.0 Å². The highest BCUT2D eigenvalue weighted by Crippen LogP contribution is 2.24. The molecule has 1 unspecified atom stereocenters. The Labute approximate surface area is 117 Å². The van der Waals surface area contributed by atoms with Gasteiger partial charge >= 0.3 is 0 Å². The lowest BCUT2D eigenvalue weighted by atomic mass is 9.96. The van der Waals surface area contributed by atoms with E-state index in [1.807, 2.05) is 24.3 Å². The average molecular weight is 266 g/mol. The first kappa shape index (κ1) is 12.8. The van der Waals surface area contributed by atoms with Crippen LogP contribution in [0.3, 0.4) is 0 Å². The molecule has 2 N–H and O–H groups in total. The number of hydrogen-bond acceptors (Lipinski definition) is 2. The number of hydrogen-bond donors (Lipinski definition) is 1. The molecule has 100 valence electrons. The number of aromatic nitrogens is 1. The van der Waals surface area contributed by atoms with Crippen LogP contribution >= 0.6 is 0 Å². The van der Waals surface area contributed by atoms with E-state index in [1.54, 1.807) is 12.3 Å². The van der Waals surface area contributed by atoms with Gasteiger partial charge in [0.2, 0.25) is 0 Å². The first-order valence-electron chi connectivity index (χ1n) is 6.57. The third-order valence-corrected chi connectivity index (χ3v) is 3.52. The molecular weight excluding hydrogens is 251 g/mol. The summed E-state index contributed by atoms with van der Waals surface area (Å²) >= 11 is 0. The molecule has 0 aliphatic carbocycles. The predicted octanol–water partition coefficient (Wildman–Crippen LogP) is 3.62. The van der Waals surface area contributed by atoms with Crippen molar-refractivity contribution in [3.05, 3.63) is 77.9 Å². The summed E-state index contributed by atoms with van der Waals surface area (Å²) in [5.41, 5.74) is 7.79. The Morgan fingerprint density at radius 3 is 2.70 bits per heavy atom. The van der Waals surface area contributed by atoms with Crippen molar-refractivity contribution in [2.24, 2.45) is 5.73 Å². The van der Waals surface area contributed by atoms with Gasteiger partial charge in [0, 0.05) is 17.8 Å². The first-order valence-corrected chi connectivity index (χ1v) is 6.57. The van der Waals surface area contributed by atoms with Crippen molar-refractivity contribution < 1.29 is 4.39 Å². The molecule has 2 nitrogen and oxygen atoms in total. The van der Waals surface area contributed by atoms with Crippen LogP contribution in [0.5, 0.6) is 0 Å². The number of pyridine rings is 1. The number of benzene rings is 2. The van der Waals surface area contributed by atoms with Crippen molar-refractivity contribution in [2.75, 3.05) is 0 Å². The Morgan fingerprint density at radius 2 is 1.85 bits per heavy atom. The lowest BCUT2D eigenvalue weighted by molar-refractivity contribution is 0.575. The highest BCUT2D eigenvalue weighted by Gasteiger charge is 2.13. The lowest BCUT2D eigenvalue weighted by Crippen LogP contribution is -2.15. The van der Waals surface area contributed by atoms with Crippen molar-refractivity contribution in [3.8, 4) is 0 Å². The van der Waals surface area contributed by atoms with E-state index in [4.69, 9.17) is 5.73 Å². The molecule has 0 fully saturated rings. The Hall–Kier alpha value is -2.26. The number of nitrogens with two attached hydrogens (primary N) is 1. The summed E-state index contributed by atoms with van der Waals surface area (Å²) in [5.74, 6) is -0.347. The van der Waals surface area contributed by atoms with Crippen LogP contribution in [0.2, 0.25) is 0 Å². The van der Waals surface area contributed by atoms with Gasteiger partial charge in [0.15, 0.2) is 0 Å². The van der Waals surface area contributed by atoms with Crippen LogP contribution in [-0.4, -0.2) is 4.98 Å². The van der Waals surface area contributed by atoms with Gasteiger partial charge in [-0.25, -0.2) is 4.39 Å². The van der Waals surface area contributed by atoms with E-state index in [0.717, 1.165) is 5.56 Å². The molecule has 0 bridgehead atoms. The SMILES string of the molecule is NC(Cc1cccc2ccccc12)c1ccncc1F. The van der Waals surface area contributed by atoms with Gasteiger partial charge < -0.3 is 5.73 Å². The van der Waals surface area contributed by atoms with Crippen molar-refractivity contribution in [1.29, 1.82) is 0 Å². The van der Waals surface area contributed by atoms with Crippen LogP contribution in [0, 0.1) is 5.82 Å². The zero-order valence-corrected chi connectivity index (χ0v) is 11.0. The summed E-state index contributed by atoms with van der Waals surface area (Å²) in [6.45, 7) is 0. The quantitative estimate of drug-likeness (QED) is 0.786. The molecule has 3 heteroatoms. The van der Waals surface area contributed by atoms with Crippen LogP contribution in [0.1, 0.15) is 17.2 Å². The smallest absolute Gasteiger partial charge is 0.146 e. The van der Waals surface area contributed by atoms with Gasteiger partial charge in [0.05, 0.1) is 6.20 Å². The standard InChI is InChI=1S/C17H15FN2/c18-16-11-20-9-8-15(16)17(19)10-13-6-3-5-12-4-1-2-7-14(12)13/h1-9,11,17H,10,19H2. The minimum Gasteiger partial charge on any atom is -0.324 e. The highest BCUT2D eigenvalue weighted by atomic mass is 19.1. The Bertz CT molecular complexity index is 734. The summed E-state index contributed by atoms with van der Waals surface area (Å²) in [5, 5.41) is 2.34. The number of rotatable bonds is 3. The Morgan fingerprint density at radius 1 is 1.05 bits per heavy atom. The van der Waals surface area contributed by atoms with Gasteiger partial charge in [0.1, 0.15) is 5.82 Å². The maximum atomic E-state index is 13.7. The van der Waals surface area contributed by atoms with Gasteiger partial charge in [-0.05, 0) is 28.8 Å². The summed E-state index contributed by atoms with van der Waals surface area (Å²) in [7, 11) is 0. The number of nitrogens with zero attached hydrogens (tertiary/aromatic N) is 1. The molecular formula is C17H15FN2. The predicted molar refractivity (Wildman–Crippen MR) is 78.8 cm³/mol. The molecule has 1 aromatic heterocycles. The first-order chi connectivity index (χ1) is 9.75. The molecule has 0 radical (unpaired) electrons. The second kappa shape index (κ2) is 5.39. The normalized spacial score (nSPS) is 12.5. The molecule has 1 heterocycles. The largest absolute Gasteiger partial charge is 0.324 e. The molecule has 2 aromatic carbocycles. The molecule has 0 aliphatic heterocycles. The zero-order chi connectivity index (χ0) is 13.9. The molecule has 1 atom stereocenters. The second-order valence-electron chi connectivity index (χ2n) is 4.85. The van der Waals surface area contributed by atoms with Gasteiger partial charge in [-0.1, -0.05) is 42.5 Å². The molecule has 20 heavy (non-hydrogen) atoms. The van der Waals surface area contributed by atoms with Crippen molar-refractivity contribution in [1.82, 2.24) is 4.98 Å². The van der Waals surface area contributed by atoms with Crippen molar-refractivity contribution in [2.45, 2.75) is 12.5 Å². The van der Waals surface area contributed by atoms with Crippen molar-refractivity contribution in [3.63, 3.8) is 0 Å². The van der Waals surface area contributed by atoms with Crippen LogP contribution in [0.15, 0.2) is 60.9 Å². The van der Waals surface area contributed by atoms with Gasteiger partial charge in [0.25, 0.3) is 0 Å². The number of halogens is 1. The van der Waals surface area contributed by atoms with Gasteiger partial charge in [-0.2, -0.15) is 0 Å². The Balaban J connectivity index is 1.96. The van der Waals surface area contributed by atoms with E-state index < -0.39 is 0 Å². The van der Waals surface area contributed by atoms with Gasteiger partial charge in [-0.3, -0.25) is 4.98 Å². The van der Waals surface area contributed by atoms with E-state index in [-0.39, 0.29) is 11.9 Å².